The Labute approximate surface area is 105 Å². The molecule has 0 radical (unpaired) electrons. The summed E-state index contributed by atoms with van der Waals surface area (Å²) in [6.07, 6.45) is -2.14. The molecule has 1 fully saturated rings. The Morgan fingerprint density at radius 1 is 1.22 bits per heavy atom. The average molecular weight is 258 g/mol. The highest BCUT2D eigenvalue weighted by Gasteiger charge is 2.30. The largest absolute Gasteiger partial charge is 0.416 e. The van der Waals surface area contributed by atoms with Crippen molar-refractivity contribution in [3.63, 3.8) is 0 Å². The van der Waals surface area contributed by atoms with Gasteiger partial charge in [-0.15, -0.1) is 0 Å². The summed E-state index contributed by atoms with van der Waals surface area (Å²) in [6.45, 7) is 3.09. The third kappa shape index (κ3) is 3.16. The first-order valence-corrected chi connectivity index (χ1v) is 6.14. The number of hydrogen-bond donors (Lipinski definition) is 2. The van der Waals surface area contributed by atoms with Gasteiger partial charge in [-0.3, -0.25) is 0 Å². The smallest absolute Gasteiger partial charge is 0.381 e. The minimum absolute atomic E-state index is 0.274. The van der Waals surface area contributed by atoms with Crippen LogP contribution in [0, 0.1) is 0 Å². The molecular weight excluding hydrogens is 241 g/mol. The average Bonchev–Trinajstić information content (AvgIpc) is 2.32. The third-order valence-electron chi connectivity index (χ3n) is 3.33. The van der Waals surface area contributed by atoms with Crippen molar-refractivity contribution in [2.75, 3.05) is 11.9 Å². The molecule has 0 bridgehead atoms. The molecule has 0 amide bonds. The van der Waals surface area contributed by atoms with Gasteiger partial charge in [0, 0.05) is 17.8 Å². The summed E-state index contributed by atoms with van der Waals surface area (Å²) in [5.74, 6) is 0. The van der Waals surface area contributed by atoms with Gasteiger partial charge in [-0.2, -0.15) is 13.2 Å². The van der Waals surface area contributed by atoms with Crippen molar-refractivity contribution in [1.82, 2.24) is 5.32 Å². The number of piperidine rings is 1. The van der Waals surface area contributed by atoms with Gasteiger partial charge in [0.05, 0.1) is 5.56 Å². The van der Waals surface area contributed by atoms with Gasteiger partial charge in [0.25, 0.3) is 0 Å². The molecule has 1 aromatic rings. The summed E-state index contributed by atoms with van der Waals surface area (Å²) in [7, 11) is 0. The second-order valence-corrected chi connectivity index (χ2v) is 4.71. The Balaban J connectivity index is 2.02. The van der Waals surface area contributed by atoms with E-state index in [1.807, 2.05) is 0 Å². The molecule has 0 aromatic heterocycles. The van der Waals surface area contributed by atoms with Crippen molar-refractivity contribution in [3.8, 4) is 0 Å². The number of halogens is 3. The molecular formula is C13H17F3N2. The zero-order valence-electron chi connectivity index (χ0n) is 10.2. The molecule has 0 spiro atoms. The van der Waals surface area contributed by atoms with E-state index < -0.39 is 11.7 Å². The lowest BCUT2D eigenvalue weighted by molar-refractivity contribution is -0.137. The van der Waals surface area contributed by atoms with Gasteiger partial charge in [0.2, 0.25) is 0 Å². The maximum Gasteiger partial charge on any atom is 0.416 e. The molecule has 2 nitrogen and oxygen atoms in total. The van der Waals surface area contributed by atoms with Gasteiger partial charge in [0.15, 0.2) is 0 Å². The van der Waals surface area contributed by atoms with Crippen LogP contribution >= 0.6 is 0 Å². The molecule has 100 valence electrons. The van der Waals surface area contributed by atoms with Crippen LogP contribution in [-0.4, -0.2) is 18.6 Å². The summed E-state index contributed by atoms with van der Waals surface area (Å²) >= 11 is 0. The van der Waals surface area contributed by atoms with E-state index in [-0.39, 0.29) is 6.04 Å². The highest BCUT2D eigenvalue weighted by Crippen LogP contribution is 2.30. The number of anilines is 1. The van der Waals surface area contributed by atoms with Crippen molar-refractivity contribution in [2.24, 2.45) is 0 Å². The van der Waals surface area contributed by atoms with E-state index in [1.54, 1.807) is 0 Å². The van der Waals surface area contributed by atoms with Gasteiger partial charge < -0.3 is 10.6 Å². The lowest BCUT2D eigenvalue weighted by Crippen LogP contribution is -2.46. The summed E-state index contributed by atoms with van der Waals surface area (Å²) < 4.78 is 37.2. The first-order chi connectivity index (χ1) is 8.47. The van der Waals surface area contributed by atoms with Crippen LogP contribution in [-0.2, 0) is 6.18 Å². The third-order valence-corrected chi connectivity index (χ3v) is 3.33. The Bertz CT molecular complexity index is 386. The van der Waals surface area contributed by atoms with Crippen molar-refractivity contribution in [1.29, 1.82) is 0 Å². The summed E-state index contributed by atoms with van der Waals surface area (Å²) in [5.41, 5.74) is 0.131. The summed E-state index contributed by atoms with van der Waals surface area (Å²) in [5, 5.41) is 6.62. The maximum atomic E-state index is 12.4. The van der Waals surface area contributed by atoms with Gasteiger partial charge in [-0.05, 0) is 50.6 Å². The molecule has 5 heteroatoms. The molecule has 0 saturated carbocycles. The molecule has 1 saturated heterocycles. The first-order valence-electron chi connectivity index (χ1n) is 6.14. The molecule has 1 heterocycles. The fraction of sp³-hybridized carbons (Fsp3) is 0.538. The molecule has 2 unspecified atom stereocenters. The van der Waals surface area contributed by atoms with E-state index in [4.69, 9.17) is 0 Å². The highest BCUT2D eigenvalue weighted by atomic mass is 19.4. The van der Waals surface area contributed by atoms with E-state index in [0.29, 0.717) is 6.04 Å². The fourth-order valence-electron chi connectivity index (χ4n) is 2.21. The Kier molecular flexibility index (Phi) is 3.80. The van der Waals surface area contributed by atoms with Crippen LogP contribution in [0.15, 0.2) is 24.3 Å². The number of rotatable bonds is 2. The van der Waals surface area contributed by atoms with Crippen LogP contribution in [0.2, 0.25) is 0 Å². The zero-order valence-corrected chi connectivity index (χ0v) is 10.2. The van der Waals surface area contributed by atoms with Crippen LogP contribution in [0.3, 0.4) is 0 Å². The van der Waals surface area contributed by atoms with Crippen molar-refractivity contribution < 1.29 is 13.2 Å². The Morgan fingerprint density at radius 2 is 1.89 bits per heavy atom. The van der Waals surface area contributed by atoms with E-state index in [0.717, 1.165) is 37.2 Å². The van der Waals surface area contributed by atoms with Gasteiger partial charge in [0.1, 0.15) is 0 Å². The van der Waals surface area contributed by atoms with E-state index in [1.165, 1.54) is 12.1 Å². The maximum absolute atomic E-state index is 12.4. The predicted molar refractivity (Wildman–Crippen MR) is 65.6 cm³/mol. The molecule has 0 aliphatic carbocycles. The van der Waals surface area contributed by atoms with Crippen molar-refractivity contribution in [2.45, 2.75) is 38.0 Å². The van der Waals surface area contributed by atoms with Crippen LogP contribution < -0.4 is 10.6 Å². The number of alkyl halides is 3. The molecule has 1 aromatic carbocycles. The minimum atomic E-state index is -4.27. The first kappa shape index (κ1) is 13.2. The normalized spacial score (nSPS) is 24.9. The standard InChI is InChI=1S/C13H17F3N2/c1-9-12(3-2-8-17-9)18-11-6-4-10(5-7-11)13(14,15)16/h4-7,9,12,17-18H,2-3,8H2,1H3. The topological polar surface area (TPSA) is 24.1 Å². The Morgan fingerprint density at radius 3 is 2.44 bits per heavy atom. The van der Waals surface area contributed by atoms with E-state index in [2.05, 4.69) is 17.6 Å². The molecule has 2 atom stereocenters. The summed E-state index contributed by atoms with van der Waals surface area (Å²) in [6, 6.07) is 5.82. The lowest BCUT2D eigenvalue weighted by atomic mass is 9.99. The van der Waals surface area contributed by atoms with Crippen LogP contribution in [0.1, 0.15) is 25.3 Å². The van der Waals surface area contributed by atoms with Crippen LogP contribution in [0.5, 0.6) is 0 Å². The van der Waals surface area contributed by atoms with E-state index in [9.17, 15) is 13.2 Å². The lowest BCUT2D eigenvalue weighted by Gasteiger charge is -2.31. The number of hydrogen-bond acceptors (Lipinski definition) is 2. The van der Waals surface area contributed by atoms with Crippen molar-refractivity contribution in [3.05, 3.63) is 29.8 Å². The van der Waals surface area contributed by atoms with Gasteiger partial charge in [-0.1, -0.05) is 0 Å². The monoisotopic (exact) mass is 258 g/mol. The predicted octanol–water partition coefficient (Wildman–Crippen LogP) is 3.26. The molecule has 1 aliphatic rings. The molecule has 2 N–H and O–H groups in total. The van der Waals surface area contributed by atoms with Crippen LogP contribution in [0.25, 0.3) is 0 Å². The second-order valence-electron chi connectivity index (χ2n) is 4.71. The summed E-state index contributed by atoms with van der Waals surface area (Å²) in [4.78, 5) is 0. The molecule has 2 rings (SSSR count). The quantitative estimate of drug-likeness (QED) is 0.850. The molecule has 1 aliphatic heterocycles. The zero-order chi connectivity index (χ0) is 13.2. The van der Waals surface area contributed by atoms with E-state index >= 15 is 0 Å². The SMILES string of the molecule is CC1NCCCC1Nc1ccc(C(F)(F)F)cc1. The number of benzene rings is 1. The second kappa shape index (κ2) is 5.18. The van der Waals surface area contributed by atoms with Crippen LogP contribution in [0.4, 0.5) is 18.9 Å². The Hall–Kier alpha value is -1.23. The van der Waals surface area contributed by atoms with Crippen molar-refractivity contribution >= 4 is 5.69 Å². The minimum Gasteiger partial charge on any atom is -0.381 e. The molecule has 18 heavy (non-hydrogen) atoms. The fourth-order valence-corrected chi connectivity index (χ4v) is 2.21. The van der Waals surface area contributed by atoms with Gasteiger partial charge >= 0.3 is 6.18 Å². The van der Waals surface area contributed by atoms with Gasteiger partial charge in [-0.25, -0.2) is 0 Å². The highest BCUT2D eigenvalue weighted by molar-refractivity contribution is 5.46. The number of nitrogens with one attached hydrogen (secondary N) is 2.